The minimum atomic E-state index is -0.416. The van der Waals surface area contributed by atoms with Gasteiger partial charge < -0.3 is 9.30 Å². The number of azo groups is 1. The lowest BCUT2D eigenvalue weighted by Crippen LogP contribution is -2.09. The predicted molar refractivity (Wildman–Crippen MR) is 94.5 cm³/mol. The average Bonchev–Trinajstić information content (AvgIpc) is 2.87. The Bertz CT molecular complexity index is 914. The molecule has 0 N–H and O–H groups in total. The van der Waals surface area contributed by atoms with Crippen molar-refractivity contribution in [3.8, 4) is 0 Å². The summed E-state index contributed by atoms with van der Waals surface area (Å²) >= 11 is 5.88. The van der Waals surface area contributed by atoms with Crippen LogP contribution in [-0.2, 0) is 11.8 Å². The summed E-state index contributed by atoms with van der Waals surface area (Å²) in [4.78, 5) is 12.3. The van der Waals surface area contributed by atoms with Gasteiger partial charge in [0.1, 0.15) is 5.69 Å². The fourth-order valence-electron chi connectivity index (χ4n) is 2.52. The molecular formula is C18H16ClN3O2. The lowest BCUT2D eigenvalue weighted by Gasteiger charge is -2.04. The smallest absolute Gasteiger partial charge is 0.357 e. The van der Waals surface area contributed by atoms with Gasteiger partial charge in [0.15, 0.2) is 5.69 Å². The SMILES string of the molecule is CCOC(=O)c1c(N=Nc2ccc(Cl)cc2)c2ccccc2n1C. The second kappa shape index (κ2) is 6.84. The van der Waals surface area contributed by atoms with Crippen molar-refractivity contribution < 1.29 is 9.53 Å². The summed E-state index contributed by atoms with van der Waals surface area (Å²) in [5.41, 5.74) is 2.44. The Morgan fingerprint density at radius 3 is 2.54 bits per heavy atom. The molecule has 0 bridgehead atoms. The molecule has 0 aliphatic rings. The van der Waals surface area contributed by atoms with Gasteiger partial charge in [-0.25, -0.2) is 4.79 Å². The van der Waals surface area contributed by atoms with Crippen molar-refractivity contribution in [2.24, 2.45) is 17.3 Å². The predicted octanol–water partition coefficient (Wildman–Crippen LogP) is 5.42. The van der Waals surface area contributed by atoms with Crippen LogP contribution < -0.4 is 0 Å². The first-order valence-electron chi connectivity index (χ1n) is 7.53. The van der Waals surface area contributed by atoms with E-state index >= 15 is 0 Å². The van der Waals surface area contributed by atoms with Crippen LogP contribution in [0.1, 0.15) is 17.4 Å². The van der Waals surface area contributed by atoms with Gasteiger partial charge in [-0.15, -0.1) is 5.11 Å². The van der Waals surface area contributed by atoms with Crippen molar-refractivity contribution in [3.05, 3.63) is 59.2 Å². The van der Waals surface area contributed by atoms with Crippen molar-refractivity contribution in [2.75, 3.05) is 6.61 Å². The summed E-state index contributed by atoms with van der Waals surface area (Å²) in [5, 5.41) is 10.0. The molecule has 3 rings (SSSR count). The van der Waals surface area contributed by atoms with E-state index in [9.17, 15) is 4.79 Å². The molecule has 1 heterocycles. The van der Waals surface area contributed by atoms with Crippen LogP contribution in [0.2, 0.25) is 5.02 Å². The number of esters is 1. The average molecular weight is 342 g/mol. The quantitative estimate of drug-likeness (QED) is 0.469. The van der Waals surface area contributed by atoms with Crippen LogP contribution in [0, 0.1) is 0 Å². The van der Waals surface area contributed by atoms with Crippen LogP contribution in [0.3, 0.4) is 0 Å². The Balaban J connectivity index is 2.12. The van der Waals surface area contributed by atoms with Crippen molar-refractivity contribution in [2.45, 2.75) is 6.92 Å². The third kappa shape index (κ3) is 3.03. The Morgan fingerprint density at radius 1 is 1.12 bits per heavy atom. The molecule has 0 spiro atoms. The van der Waals surface area contributed by atoms with Gasteiger partial charge in [-0.1, -0.05) is 29.8 Å². The number of carbonyl (C=O) groups is 1. The number of benzene rings is 2. The number of nitrogens with zero attached hydrogens (tertiary/aromatic N) is 3. The van der Waals surface area contributed by atoms with Gasteiger partial charge in [-0.05, 0) is 37.3 Å². The number of hydrogen-bond acceptors (Lipinski definition) is 4. The maximum absolute atomic E-state index is 12.3. The normalized spacial score (nSPS) is 11.3. The summed E-state index contributed by atoms with van der Waals surface area (Å²) in [6.07, 6.45) is 0. The summed E-state index contributed by atoms with van der Waals surface area (Å²) in [6, 6.07) is 14.7. The van der Waals surface area contributed by atoms with Gasteiger partial charge in [-0.2, -0.15) is 5.11 Å². The van der Waals surface area contributed by atoms with Crippen molar-refractivity contribution in [1.82, 2.24) is 4.57 Å². The number of ether oxygens (including phenoxy) is 1. The van der Waals surface area contributed by atoms with Crippen LogP contribution in [0.15, 0.2) is 58.8 Å². The molecule has 5 nitrogen and oxygen atoms in total. The lowest BCUT2D eigenvalue weighted by atomic mass is 10.2. The first kappa shape index (κ1) is 16.2. The summed E-state index contributed by atoms with van der Waals surface area (Å²) in [6.45, 7) is 2.07. The van der Waals surface area contributed by atoms with Crippen molar-refractivity contribution >= 4 is 39.8 Å². The zero-order valence-electron chi connectivity index (χ0n) is 13.4. The van der Waals surface area contributed by atoms with Crippen LogP contribution >= 0.6 is 11.6 Å². The molecule has 0 fully saturated rings. The molecule has 0 saturated carbocycles. The van der Waals surface area contributed by atoms with Gasteiger partial charge >= 0.3 is 5.97 Å². The molecule has 2 aromatic carbocycles. The van der Waals surface area contributed by atoms with E-state index < -0.39 is 5.97 Å². The maximum Gasteiger partial charge on any atom is 0.357 e. The minimum absolute atomic E-state index is 0.300. The number of carbonyl (C=O) groups excluding carboxylic acids is 1. The lowest BCUT2D eigenvalue weighted by molar-refractivity contribution is 0.0517. The zero-order chi connectivity index (χ0) is 17.1. The highest BCUT2D eigenvalue weighted by molar-refractivity contribution is 6.30. The highest BCUT2D eigenvalue weighted by atomic mass is 35.5. The van der Waals surface area contributed by atoms with Crippen LogP contribution in [0.4, 0.5) is 11.4 Å². The van der Waals surface area contributed by atoms with E-state index in [1.165, 1.54) is 0 Å². The summed E-state index contributed by atoms with van der Waals surface area (Å²) < 4.78 is 6.95. The molecule has 24 heavy (non-hydrogen) atoms. The number of fused-ring (bicyclic) bond motifs is 1. The highest BCUT2D eigenvalue weighted by Gasteiger charge is 2.22. The van der Waals surface area contributed by atoms with Crippen LogP contribution in [0.5, 0.6) is 0 Å². The van der Waals surface area contributed by atoms with E-state index in [2.05, 4.69) is 10.2 Å². The van der Waals surface area contributed by atoms with E-state index in [4.69, 9.17) is 16.3 Å². The van der Waals surface area contributed by atoms with Crippen LogP contribution in [0.25, 0.3) is 10.9 Å². The Hall–Kier alpha value is -2.66. The molecular weight excluding hydrogens is 326 g/mol. The number of rotatable bonds is 4. The minimum Gasteiger partial charge on any atom is -0.461 e. The largest absolute Gasteiger partial charge is 0.461 e. The summed E-state index contributed by atoms with van der Waals surface area (Å²) in [7, 11) is 1.82. The number of aromatic nitrogens is 1. The molecule has 1 aromatic heterocycles. The standard InChI is InChI=1S/C18H16ClN3O2/c1-3-24-18(23)17-16(14-6-4-5-7-15(14)22(17)2)21-20-13-10-8-12(19)9-11-13/h4-11H,3H2,1-2H3. The molecule has 3 aromatic rings. The first-order chi connectivity index (χ1) is 11.6. The van der Waals surface area contributed by atoms with E-state index in [0.29, 0.717) is 28.7 Å². The van der Waals surface area contributed by atoms with E-state index in [0.717, 1.165) is 10.9 Å². The monoisotopic (exact) mass is 341 g/mol. The molecule has 122 valence electrons. The zero-order valence-corrected chi connectivity index (χ0v) is 14.1. The maximum atomic E-state index is 12.3. The fourth-order valence-corrected chi connectivity index (χ4v) is 2.65. The second-order valence-corrected chi connectivity index (χ2v) is 5.61. The second-order valence-electron chi connectivity index (χ2n) is 5.17. The number of para-hydroxylation sites is 1. The number of aryl methyl sites for hydroxylation is 1. The summed E-state index contributed by atoms with van der Waals surface area (Å²) in [5.74, 6) is -0.416. The van der Waals surface area contributed by atoms with Gasteiger partial charge in [0.2, 0.25) is 0 Å². The first-order valence-corrected chi connectivity index (χ1v) is 7.91. The topological polar surface area (TPSA) is 55.9 Å². The van der Waals surface area contributed by atoms with Gasteiger partial charge in [0.25, 0.3) is 0 Å². The van der Waals surface area contributed by atoms with E-state index in [1.807, 2.05) is 31.3 Å². The molecule has 6 heteroatoms. The number of hydrogen-bond donors (Lipinski definition) is 0. The molecule has 0 saturated heterocycles. The fraction of sp³-hybridized carbons (Fsp3) is 0.167. The third-order valence-electron chi connectivity index (χ3n) is 3.64. The van der Waals surface area contributed by atoms with Crippen molar-refractivity contribution in [1.29, 1.82) is 0 Å². The van der Waals surface area contributed by atoms with Crippen LogP contribution in [-0.4, -0.2) is 17.1 Å². The Morgan fingerprint density at radius 2 is 1.83 bits per heavy atom. The molecule has 0 unspecified atom stereocenters. The van der Waals surface area contributed by atoms with Gasteiger partial charge in [0.05, 0.1) is 17.8 Å². The Kier molecular flexibility index (Phi) is 4.62. The van der Waals surface area contributed by atoms with Crippen molar-refractivity contribution in [3.63, 3.8) is 0 Å². The van der Waals surface area contributed by atoms with E-state index in [-0.39, 0.29) is 0 Å². The van der Waals surface area contributed by atoms with Gasteiger partial charge in [0, 0.05) is 17.5 Å². The van der Waals surface area contributed by atoms with E-state index in [1.54, 1.807) is 35.8 Å². The Labute approximate surface area is 144 Å². The molecule has 0 aliphatic heterocycles. The highest BCUT2D eigenvalue weighted by Crippen LogP contribution is 2.34. The van der Waals surface area contributed by atoms with Gasteiger partial charge in [-0.3, -0.25) is 0 Å². The molecule has 0 aliphatic carbocycles. The third-order valence-corrected chi connectivity index (χ3v) is 3.89. The number of halogens is 1. The molecule has 0 amide bonds. The molecule has 0 atom stereocenters. The molecule has 0 radical (unpaired) electrons.